The van der Waals surface area contributed by atoms with E-state index in [0.29, 0.717) is 0 Å². The zero-order chi connectivity index (χ0) is 13.9. The maximum Gasteiger partial charge on any atom is 0.180 e. The van der Waals surface area contributed by atoms with Crippen LogP contribution in [0.2, 0.25) is 0 Å². The fourth-order valence-corrected chi connectivity index (χ4v) is 2.57. The molecule has 102 valence electrons. The van der Waals surface area contributed by atoms with Crippen LogP contribution in [0.1, 0.15) is 0 Å². The van der Waals surface area contributed by atoms with Crippen LogP contribution in [0.25, 0.3) is 5.65 Å². The number of anilines is 3. The van der Waals surface area contributed by atoms with Gasteiger partial charge in [0.05, 0.1) is 11.9 Å². The third-order valence-electron chi connectivity index (χ3n) is 2.99. The monoisotopic (exact) mass is 285 g/mol. The van der Waals surface area contributed by atoms with E-state index in [2.05, 4.69) is 32.9 Å². The topological polar surface area (TPSA) is 54.2 Å². The van der Waals surface area contributed by atoms with Gasteiger partial charge in [-0.3, -0.25) is 0 Å². The van der Waals surface area contributed by atoms with Crippen molar-refractivity contribution < 1.29 is 0 Å². The normalized spacial score (nSPS) is 10.7. The summed E-state index contributed by atoms with van der Waals surface area (Å²) in [6.07, 6.45) is 7.64. The molecule has 20 heavy (non-hydrogen) atoms. The SMILES string of the molecule is CNc1cn2ccnc2c(Nc2ccccc2SC)n1. The fourth-order valence-electron chi connectivity index (χ4n) is 2.01. The Balaban J connectivity index is 2.07. The third kappa shape index (κ3) is 2.30. The average molecular weight is 285 g/mol. The van der Waals surface area contributed by atoms with E-state index in [-0.39, 0.29) is 0 Å². The van der Waals surface area contributed by atoms with Gasteiger partial charge in [0, 0.05) is 24.3 Å². The highest BCUT2D eigenvalue weighted by Crippen LogP contribution is 2.28. The summed E-state index contributed by atoms with van der Waals surface area (Å²) in [5.74, 6) is 1.53. The quantitative estimate of drug-likeness (QED) is 0.721. The molecular formula is C14H15N5S. The maximum atomic E-state index is 4.55. The Labute approximate surface area is 121 Å². The number of para-hydroxylation sites is 1. The number of nitrogens with one attached hydrogen (secondary N) is 2. The molecule has 0 amide bonds. The van der Waals surface area contributed by atoms with Crippen molar-refractivity contribution in [3.63, 3.8) is 0 Å². The molecule has 2 N–H and O–H groups in total. The molecule has 6 heteroatoms. The third-order valence-corrected chi connectivity index (χ3v) is 3.79. The van der Waals surface area contributed by atoms with E-state index in [9.17, 15) is 0 Å². The summed E-state index contributed by atoms with van der Waals surface area (Å²) in [4.78, 5) is 10.1. The molecule has 0 aliphatic carbocycles. The number of benzene rings is 1. The summed E-state index contributed by atoms with van der Waals surface area (Å²) in [5.41, 5.74) is 1.84. The molecule has 0 saturated carbocycles. The van der Waals surface area contributed by atoms with Gasteiger partial charge in [-0.25, -0.2) is 9.97 Å². The van der Waals surface area contributed by atoms with Crippen LogP contribution in [0, 0.1) is 0 Å². The minimum absolute atomic E-state index is 0.739. The van der Waals surface area contributed by atoms with Crippen molar-refractivity contribution in [2.75, 3.05) is 23.9 Å². The average Bonchev–Trinajstić information content (AvgIpc) is 2.96. The first kappa shape index (κ1) is 12.8. The molecule has 0 saturated heterocycles. The summed E-state index contributed by atoms with van der Waals surface area (Å²) in [7, 11) is 1.85. The van der Waals surface area contributed by atoms with Crippen LogP contribution in [-0.4, -0.2) is 27.7 Å². The Hall–Kier alpha value is -2.21. The van der Waals surface area contributed by atoms with Crippen LogP contribution in [0.5, 0.6) is 0 Å². The minimum Gasteiger partial charge on any atom is -0.372 e. The molecule has 0 fully saturated rings. The summed E-state index contributed by atoms with van der Waals surface area (Å²) in [6, 6.07) is 8.16. The van der Waals surface area contributed by atoms with Crippen molar-refractivity contribution in [3.8, 4) is 0 Å². The molecule has 0 radical (unpaired) electrons. The smallest absolute Gasteiger partial charge is 0.180 e. The van der Waals surface area contributed by atoms with Gasteiger partial charge in [-0.15, -0.1) is 11.8 Å². The highest BCUT2D eigenvalue weighted by molar-refractivity contribution is 7.98. The number of imidazole rings is 1. The predicted molar refractivity (Wildman–Crippen MR) is 84.0 cm³/mol. The fraction of sp³-hybridized carbons (Fsp3) is 0.143. The first-order valence-corrected chi connectivity index (χ1v) is 7.46. The Bertz CT molecular complexity index is 737. The summed E-state index contributed by atoms with van der Waals surface area (Å²) in [6.45, 7) is 0. The van der Waals surface area contributed by atoms with E-state index >= 15 is 0 Å². The molecule has 2 heterocycles. The molecule has 3 aromatic rings. The van der Waals surface area contributed by atoms with Crippen molar-refractivity contribution in [2.45, 2.75) is 4.90 Å². The Morgan fingerprint density at radius 3 is 2.90 bits per heavy atom. The lowest BCUT2D eigenvalue weighted by Crippen LogP contribution is -2.02. The van der Waals surface area contributed by atoms with Gasteiger partial charge in [0.25, 0.3) is 0 Å². The van der Waals surface area contributed by atoms with Gasteiger partial charge >= 0.3 is 0 Å². The molecule has 5 nitrogen and oxygen atoms in total. The van der Waals surface area contributed by atoms with Crippen molar-refractivity contribution in [2.24, 2.45) is 0 Å². The standard InChI is InChI=1S/C14H15N5S/c1-15-12-9-19-8-7-16-14(19)13(18-12)17-10-5-3-4-6-11(10)20-2/h3-9,15H,1-2H3,(H,17,18). The van der Waals surface area contributed by atoms with Gasteiger partial charge in [0.1, 0.15) is 5.82 Å². The number of fused-ring (bicyclic) bond motifs is 1. The van der Waals surface area contributed by atoms with Crippen LogP contribution >= 0.6 is 11.8 Å². The second-order valence-electron chi connectivity index (χ2n) is 4.21. The Kier molecular flexibility index (Phi) is 3.47. The summed E-state index contributed by atoms with van der Waals surface area (Å²) >= 11 is 1.70. The molecular weight excluding hydrogens is 270 g/mol. The lowest BCUT2D eigenvalue weighted by molar-refractivity contribution is 1.12. The molecule has 2 aromatic heterocycles. The van der Waals surface area contributed by atoms with E-state index in [4.69, 9.17) is 0 Å². The molecule has 0 atom stereocenters. The van der Waals surface area contributed by atoms with Crippen LogP contribution in [0.3, 0.4) is 0 Å². The van der Waals surface area contributed by atoms with Crippen molar-refractivity contribution >= 4 is 34.7 Å². The van der Waals surface area contributed by atoms with Crippen LogP contribution in [-0.2, 0) is 0 Å². The van der Waals surface area contributed by atoms with Crippen molar-refractivity contribution in [1.82, 2.24) is 14.4 Å². The molecule has 0 unspecified atom stereocenters. The Morgan fingerprint density at radius 2 is 2.10 bits per heavy atom. The zero-order valence-corrected chi connectivity index (χ0v) is 12.1. The number of hydrogen-bond donors (Lipinski definition) is 2. The number of nitrogens with zero attached hydrogens (tertiary/aromatic N) is 3. The first-order valence-electron chi connectivity index (χ1n) is 6.23. The minimum atomic E-state index is 0.739. The van der Waals surface area contributed by atoms with Crippen molar-refractivity contribution in [3.05, 3.63) is 42.9 Å². The highest BCUT2D eigenvalue weighted by atomic mass is 32.2. The lowest BCUT2D eigenvalue weighted by atomic mass is 10.3. The van der Waals surface area contributed by atoms with E-state index in [0.717, 1.165) is 23.0 Å². The number of aromatic nitrogens is 3. The van der Waals surface area contributed by atoms with E-state index < -0.39 is 0 Å². The van der Waals surface area contributed by atoms with Gasteiger partial charge in [0.2, 0.25) is 0 Å². The van der Waals surface area contributed by atoms with E-state index in [1.807, 2.05) is 42.0 Å². The lowest BCUT2D eigenvalue weighted by Gasteiger charge is -2.11. The number of thioether (sulfide) groups is 1. The van der Waals surface area contributed by atoms with E-state index in [1.54, 1.807) is 18.0 Å². The maximum absolute atomic E-state index is 4.55. The number of rotatable bonds is 4. The highest BCUT2D eigenvalue weighted by Gasteiger charge is 2.09. The second kappa shape index (κ2) is 5.42. The van der Waals surface area contributed by atoms with Gasteiger partial charge < -0.3 is 15.0 Å². The van der Waals surface area contributed by atoms with Gasteiger partial charge in [0.15, 0.2) is 11.5 Å². The number of hydrogen-bond acceptors (Lipinski definition) is 5. The summed E-state index contributed by atoms with van der Waals surface area (Å²) < 4.78 is 1.95. The van der Waals surface area contributed by atoms with Crippen LogP contribution in [0.4, 0.5) is 17.3 Å². The van der Waals surface area contributed by atoms with Gasteiger partial charge in [-0.1, -0.05) is 12.1 Å². The van der Waals surface area contributed by atoms with Crippen molar-refractivity contribution in [1.29, 1.82) is 0 Å². The first-order chi connectivity index (χ1) is 9.81. The largest absolute Gasteiger partial charge is 0.372 e. The molecule has 0 aliphatic heterocycles. The van der Waals surface area contributed by atoms with Gasteiger partial charge in [-0.2, -0.15) is 0 Å². The molecule has 0 spiro atoms. The summed E-state index contributed by atoms with van der Waals surface area (Å²) in [5, 5.41) is 6.43. The molecule has 0 bridgehead atoms. The molecule has 3 rings (SSSR count). The molecule has 1 aromatic carbocycles. The zero-order valence-electron chi connectivity index (χ0n) is 11.3. The van der Waals surface area contributed by atoms with Crippen LogP contribution < -0.4 is 10.6 Å². The Morgan fingerprint density at radius 1 is 1.25 bits per heavy atom. The van der Waals surface area contributed by atoms with Crippen LogP contribution in [0.15, 0.2) is 47.8 Å². The molecule has 0 aliphatic rings. The van der Waals surface area contributed by atoms with E-state index in [1.165, 1.54) is 4.90 Å². The van der Waals surface area contributed by atoms with Gasteiger partial charge in [-0.05, 0) is 18.4 Å². The second-order valence-corrected chi connectivity index (χ2v) is 5.06. The predicted octanol–water partition coefficient (Wildman–Crippen LogP) is 3.24.